The highest BCUT2D eigenvalue weighted by Gasteiger charge is 2.47. The van der Waals surface area contributed by atoms with E-state index in [2.05, 4.69) is 43.0 Å². The molecule has 1 nitrogen and oxygen atoms in total. The topological polar surface area (TPSA) is 3.24 Å². The first-order chi connectivity index (χ1) is 12.2. The van der Waals surface area contributed by atoms with Gasteiger partial charge in [0.15, 0.2) is 0 Å². The van der Waals surface area contributed by atoms with Crippen molar-refractivity contribution in [1.29, 1.82) is 0 Å². The third-order valence-corrected chi connectivity index (χ3v) is 8.06. The van der Waals surface area contributed by atoms with Gasteiger partial charge >= 0.3 is 0 Å². The van der Waals surface area contributed by atoms with E-state index < -0.39 is 0 Å². The summed E-state index contributed by atoms with van der Waals surface area (Å²) in [6.45, 7) is 7.70. The molecule has 1 aliphatic heterocycles. The summed E-state index contributed by atoms with van der Waals surface area (Å²) in [4.78, 5) is 2.85. The summed E-state index contributed by atoms with van der Waals surface area (Å²) in [5.74, 6) is 1.84. The molecule has 1 heterocycles. The zero-order valence-corrected chi connectivity index (χ0v) is 16.5. The SMILES string of the molecule is CC1C2Cc3ccccc3C1(C)CCN2CCCCC1CCCCC1. The minimum atomic E-state index is 0.401. The second-order valence-corrected chi connectivity index (χ2v) is 9.42. The van der Waals surface area contributed by atoms with Gasteiger partial charge in [0, 0.05) is 6.04 Å². The maximum absolute atomic E-state index is 2.85. The Labute approximate surface area is 155 Å². The van der Waals surface area contributed by atoms with E-state index in [1.807, 2.05) is 0 Å². The largest absolute Gasteiger partial charge is 0.300 e. The van der Waals surface area contributed by atoms with Crippen molar-refractivity contribution in [2.75, 3.05) is 13.1 Å². The molecule has 2 aliphatic carbocycles. The molecule has 1 aromatic rings. The molecule has 1 aromatic carbocycles. The molecule has 2 bridgehead atoms. The minimum Gasteiger partial charge on any atom is -0.300 e. The molecule has 0 N–H and O–H groups in total. The third-order valence-electron chi connectivity index (χ3n) is 8.06. The molecule has 0 spiro atoms. The van der Waals surface area contributed by atoms with E-state index in [1.54, 1.807) is 11.1 Å². The minimum absolute atomic E-state index is 0.401. The summed E-state index contributed by atoms with van der Waals surface area (Å²) >= 11 is 0. The van der Waals surface area contributed by atoms with Gasteiger partial charge in [0.2, 0.25) is 0 Å². The monoisotopic (exact) mass is 339 g/mol. The lowest BCUT2D eigenvalue weighted by Crippen LogP contribution is -2.58. The van der Waals surface area contributed by atoms with Gasteiger partial charge < -0.3 is 0 Å². The van der Waals surface area contributed by atoms with Gasteiger partial charge in [-0.15, -0.1) is 0 Å². The second kappa shape index (κ2) is 7.43. The van der Waals surface area contributed by atoms with E-state index >= 15 is 0 Å². The Morgan fingerprint density at radius 3 is 2.72 bits per heavy atom. The average Bonchev–Trinajstić information content (AvgIpc) is 2.64. The number of benzene rings is 1. The predicted octanol–water partition coefficient (Wildman–Crippen LogP) is 5.96. The Kier molecular flexibility index (Phi) is 5.23. The summed E-state index contributed by atoms with van der Waals surface area (Å²) in [6, 6.07) is 10.0. The van der Waals surface area contributed by atoms with Gasteiger partial charge in [-0.3, -0.25) is 4.90 Å². The van der Waals surface area contributed by atoms with Crippen LogP contribution in [-0.4, -0.2) is 24.0 Å². The van der Waals surface area contributed by atoms with Crippen LogP contribution in [0.15, 0.2) is 24.3 Å². The molecule has 25 heavy (non-hydrogen) atoms. The molecule has 1 saturated carbocycles. The van der Waals surface area contributed by atoms with Crippen LogP contribution in [0.3, 0.4) is 0 Å². The molecule has 2 fully saturated rings. The number of unbranched alkanes of at least 4 members (excludes halogenated alkanes) is 1. The third kappa shape index (κ3) is 3.42. The quantitative estimate of drug-likeness (QED) is 0.598. The van der Waals surface area contributed by atoms with Crippen LogP contribution in [0.2, 0.25) is 0 Å². The summed E-state index contributed by atoms with van der Waals surface area (Å²) in [6.07, 6.45) is 14.5. The highest BCUT2D eigenvalue weighted by Crippen LogP contribution is 2.48. The molecule has 3 unspecified atom stereocenters. The highest BCUT2D eigenvalue weighted by molar-refractivity contribution is 5.39. The number of hydrogen-bond acceptors (Lipinski definition) is 1. The van der Waals surface area contributed by atoms with Crippen molar-refractivity contribution in [2.45, 2.75) is 89.5 Å². The summed E-state index contributed by atoms with van der Waals surface area (Å²) in [7, 11) is 0. The van der Waals surface area contributed by atoms with Crippen molar-refractivity contribution in [3.8, 4) is 0 Å². The van der Waals surface area contributed by atoms with E-state index in [-0.39, 0.29) is 0 Å². The van der Waals surface area contributed by atoms with Crippen molar-refractivity contribution < 1.29 is 0 Å². The first-order valence-electron chi connectivity index (χ1n) is 11.0. The highest BCUT2D eigenvalue weighted by atomic mass is 15.2. The number of nitrogens with zero attached hydrogens (tertiary/aromatic N) is 1. The van der Waals surface area contributed by atoms with E-state index in [9.17, 15) is 0 Å². The molecule has 3 aliphatic rings. The fourth-order valence-electron chi connectivity index (χ4n) is 6.18. The van der Waals surface area contributed by atoms with Crippen molar-refractivity contribution >= 4 is 0 Å². The van der Waals surface area contributed by atoms with Crippen LogP contribution in [0.5, 0.6) is 0 Å². The second-order valence-electron chi connectivity index (χ2n) is 9.42. The fourth-order valence-corrected chi connectivity index (χ4v) is 6.18. The molecule has 0 aromatic heterocycles. The Balaban J connectivity index is 1.34. The molecule has 0 amide bonds. The molecule has 1 heteroatoms. The van der Waals surface area contributed by atoms with Crippen LogP contribution in [0.1, 0.15) is 82.8 Å². The Hall–Kier alpha value is -0.820. The van der Waals surface area contributed by atoms with Crippen LogP contribution >= 0.6 is 0 Å². The lowest BCUT2D eigenvalue weighted by atomic mass is 9.59. The van der Waals surface area contributed by atoms with Crippen LogP contribution in [0.25, 0.3) is 0 Å². The van der Waals surface area contributed by atoms with Gasteiger partial charge in [-0.1, -0.05) is 83.1 Å². The Morgan fingerprint density at radius 1 is 1.08 bits per heavy atom. The van der Waals surface area contributed by atoms with Gasteiger partial charge in [0.05, 0.1) is 0 Å². The zero-order chi connectivity index (χ0) is 17.3. The number of fused-ring (bicyclic) bond motifs is 4. The molecular formula is C24H37N. The number of piperidine rings is 1. The van der Waals surface area contributed by atoms with Gasteiger partial charge in [0.25, 0.3) is 0 Å². The van der Waals surface area contributed by atoms with Gasteiger partial charge in [0.1, 0.15) is 0 Å². The van der Waals surface area contributed by atoms with E-state index in [0.29, 0.717) is 5.41 Å². The van der Waals surface area contributed by atoms with Crippen molar-refractivity contribution in [3.05, 3.63) is 35.4 Å². The first kappa shape index (κ1) is 17.6. The number of hydrogen-bond donors (Lipinski definition) is 0. The van der Waals surface area contributed by atoms with Gasteiger partial charge in [-0.05, 0) is 60.7 Å². The van der Waals surface area contributed by atoms with Crippen molar-refractivity contribution in [3.63, 3.8) is 0 Å². The van der Waals surface area contributed by atoms with E-state index in [1.165, 1.54) is 77.3 Å². The predicted molar refractivity (Wildman–Crippen MR) is 107 cm³/mol. The van der Waals surface area contributed by atoms with Gasteiger partial charge in [-0.2, -0.15) is 0 Å². The molecule has 138 valence electrons. The van der Waals surface area contributed by atoms with Crippen LogP contribution in [0, 0.1) is 11.8 Å². The number of rotatable bonds is 5. The molecule has 3 atom stereocenters. The van der Waals surface area contributed by atoms with E-state index in [0.717, 1.165) is 17.9 Å². The summed E-state index contributed by atoms with van der Waals surface area (Å²) in [5, 5.41) is 0. The standard InChI is InChI=1S/C24H37N/c1-19-23-18-21-13-6-7-14-22(21)24(19,2)15-17-25(23)16-9-8-12-20-10-4-3-5-11-20/h6-7,13-14,19-20,23H,3-5,8-12,15-18H2,1-2H3. The van der Waals surface area contributed by atoms with Crippen LogP contribution in [-0.2, 0) is 11.8 Å². The molecule has 4 rings (SSSR count). The first-order valence-corrected chi connectivity index (χ1v) is 11.0. The average molecular weight is 340 g/mol. The Morgan fingerprint density at radius 2 is 1.88 bits per heavy atom. The van der Waals surface area contributed by atoms with Gasteiger partial charge in [-0.25, -0.2) is 0 Å². The zero-order valence-electron chi connectivity index (χ0n) is 16.5. The summed E-state index contributed by atoms with van der Waals surface area (Å²) in [5.41, 5.74) is 3.67. The fraction of sp³-hybridized carbons (Fsp3) is 0.750. The smallest absolute Gasteiger partial charge is 0.0170 e. The molecule has 0 radical (unpaired) electrons. The number of likely N-dealkylation sites (tertiary alicyclic amines) is 1. The van der Waals surface area contributed by atoms with E-state index in [4.69, 9.17) is 0 Å². The Bertz CT molecular complexity index is 573. The van der Waals surface area contributed by atoms with Crippen molar-refractivity contribution in [1.82, 2.24) is 4.90 Å². The van der Waals surface area contributed by atoms with Crippen LogP contribution in [0.4, 0.5) is 0 Å². The van der Waals surface area contributed by atoms with Crippen LogP contribution < -0.4 is 0 Å². The maximum Gasteiger partial charge on any atom is 0.0170 e. The normalized spacial score (nSPS) is 33.2. The maximum atomic E-state index is 2.85. The molecular weight excluding hydrogens is 302 g/mol. The lowest BCUT2D eigenvalue weighted by molar-refractivity contribution is 0.0301. The lowest BCUT2D eigenvalue weighted by Gasteiger charge is -2.54. The summed E-state index contributed by atoms with van der Waals surface area (Å²) < 4.78 is 0. The molecule has 1 saturated heterocycles. The van der Waals surface area contributed by atoms with Crippen molar-refractivity contribution in [2.24, 2.45) is 11.8 Å².